The second kappa shape index (κ2) is 5.71. The molecular formula is C17H22ClNO4. The van der Waals surface area contributed by atoms with Gasteiger partial charge in [0.1, 0.15) is 5.60 Å². The highest BCUT2D eigenvalue weighted by atomic mass is 35.5. The normalized spacial score (nSPS) is 22.3. The van der Waals surface area contributed by atoms with Gasteiger partial charge in [-0.05, 0) is 43.9 Å². The fourth-order valence-electron chi connectivity index (χ4n) is 3.00. The van der Waals surface area contributed by atoms with Gasteiger partial charge in [-0.15, -0.1) is 0 Å². The lowest BCUT2D eigenvalue weighted by Crippen LogP contribution is -2.27. The summed E-state index contributed by atoms with van der Waals surface area (Å²) in [4.78, 5) is 23.4. The molecule has 0 saturated heterocycles. The quantitative estimate of drug-likeness (QED) is 0.849. The lowest BCUT2D eigenvalue weighted by molar-refractivity contribution is -0.139. The van der Waals surface area contributed by atoms with Crippen LogP contribution in [0.3, 0.4) is 0 Å². The highest BCUT2D eigenvalue weighted by Gasteiger charge is 2.63. The summed E-state index contributed by atoms with van der Waals surface area (Å²) in [6, 6.07) is 5.09. The number of carbonyl (C=O) groups excluding carboxylic acids is 1. The molecule has 0 heterocycles. The van der Waals surface area contributed by atoms with Crippen molar-refractivity contribution in [3.8, 4) is 0 Å². The van der Waals surface area contributed by atoms with E-state index in [2.05, 4.69) is 5.32 Å². The number of amides is 1. The molecule has 2 N–H and O–H groups in total. The van der Waals surface area contributed by atoms with Gasteiger partial charge in [0.15, 0.2) is 0 Å². The van der Waals surface area contributed by atoms with E-state index in [1.807, 2.05) is 13.8 Å². The summed E-state index contributed by atoms with van der Waals surface area (Å²) in [6.45, 7) is 9.13. The van der Waals surface area contributed by atoms with Gasteiger partial charge in [-0.25, -0.2) is 4.79 Å². The van der Waals surface area contributed by atoms with Crippen LogP contribution in [0.25, 0.3) is 0 Å². The minimum atomic E-state index is -0.835. The Labute approximate surface area is 141 Å². The summed E-state index contributed by atoms with van der Waals surface area (Å²) in [6.07, 6.45) is -0.591. The Morgan fingerprint density at radius 1 is 1.30 bits per heavy atom. The molecule has 23 heavy (non-hydrogen) atoms. The van der Waals surface area contributed by atoms with E-state index in [-0.39, 0.29) is 11.3 Å². The topological polar surface area (TPSA) is 75.6 Å². The number of hydrogen-bond donors (Lipinski definition) is 2. The first kappa shape index (κ1) is 17.6. The van der Waals surface area contributed by atoms with E-state index >= 15 is 0 Å². The molecule has 0 unspecified atom stereocenters. The molecule has 1 aliphatic carbocycles. The van der Waals surface area contributed by atoms with Gasteiger partial charge in [-0.3, -0.25) is 10.1 Å². The maximum Gasteiger partial charge on any atom is 0.412 e. The van der Waals surface area contributed by atoms with Crippen LogP contribution in [0.1, 0.15) is 46.1 Å². The number of anilines is 1. The molecular weight excluding hydrogens is 318 g/mol. The molecule has 1 fully saturated rings. The molecule has 1 saturated carbocycles. The molecule has 1 aliphatic rings. The number of halogens is 1. The largest absolute Gasteiger partial charge is 0.481 e. The van der Waals surface area contributed by atoms with Crippen LogP contribution in [-0.4, -0.2) is 22.8 Å². The summed E-state index contributed by atoms with van der Waals surface area (Å²) in [5, 5.41) is 12.5. The van der Waals surface area contributed by atoms with Gasteiger partial charge >= 0.3 is 12.1 Å². The summed E-state index contributed by atoms with van der Waals surface area (Å²) in [7, 11) is 0. The van der Waals surface area contributed by atoms with E-state index in [0.717, 1.165) is 5.56 Å². The molecule has 1 aromatic carbocycles. The van der Waals surface area contributed by atoms with E-state index < -0.39 is 23.6 Å². The van der Waals surface area contributed by atoms with Gasteiger partial charge in [0.25, 0.3) is 0 Å². The zero-order valence-electron chi connectivity index (χ0n) is 13.9. The third-order valence-electron chi connectivity index (χ3n) is 4.08. The number of aliphatic carboxylic acids is 1. The maximum atomic E-state index is 12.0. The fourth-order valence-corrected chi connectivity index (χ4v) is 3.17. The minimum absolute atomic E-state index is 0.179. The van der Waals surface area contributed by atoms with E-state index in [1.54, 1.807) is 39.0 Å². The van der Waals surface area contributed by atoms with Gasteiger partial charge in [0.05, 0.1) is 5.92 Å². The first-order valence-electron chi connectivity index (χ1n) is 7.46. The van der Waals surface area contributed by atoms with Gasteiger partial charge in [-0.2, -0.15) is 0 Å². The monoisotopic (exact) mass is 339 g/mol. The van der Waals surface area contributed by atoms with Crippen molar-refractivity contribution in [3.63, 3.8) is 0 Å². The fraction of sp³-hybridized carbons (Fsp3) is 0.529. The van der Waals surface area contributed by atoms with Crippen LogP contribution in [0.5, 0.6) is 0 Å². The molecule has 0 radical (unpaired) electrons. The second-order valence-electron chi connectivity index (χ2n) is 7.47. The van der Waals surface area contributed by atoms with Crippen LogP contribution in [-0.2, 0) is 9.53 Å². The summed E-state index contributed by atoms with van der Waals surface area (Å²) in [5.74, 6) is -1.50. The van der Waals surface area contributed by atoms with Gasteiger partial charge in [0.2, 0.25) is 0 Å². The highest BCUT2D eigenvalue weighted by Crippen LogP contribution is 2.65. The van der Waals surface area contributed by atoms with E-state index in [1.165, 1.54) is 0 Å². The van der Waals surface area contributed by atoms with E-state index in [4.69, 9.17) is 16.3 Å². The number of nitrogens with one attached hydrogen (secondary N) is 1. The van der Waals surface area contributed by atoms with Crippen LogP contribution in [0.4, 0.5) is 10.5 Å². The molecule has 126 valence electrons. The third kappa shape index (κ3) is 3.78. The molecule has 0 aromatic heterocycles. The van der Waals surface area contributed by atoms with Crippen LogP contribution >= 0.6 is 11.6 Å². The number of hydrogen-bond acceptors (Lipinski definition) is 3. The first-order valence-corrected chi connectivity index (χ1v) is 7.83. The first-order chi connectivity index (χ1) is 10.4. The second-order valence-corrected chi connectivity index (χ2v) is 7.91. The maximum absolute atomic E-state index is 12.0. The van der Waals surface area contributed by atoms with Crippen molar-refractivity contribution >= 4 is 29.4 Å². The Bertz CT molecular complexity index is 648. The van der Waals surface area contributed by atoms with E-state index in [0.29, 0.717) is 10.7 Å². The molecule has 1 amide bonds. The number of carboxylic acid groups (broad SMARTS) is 1. The standard InChI is InChI=1S/C17H22ClNO4/c1-16(2,3)23-15(22)19-11-8-9(18)6-7-10(11)12-13(14(20)21)17(12,4)5/h6-8,12-13H,1-5H3,(H,19,22)(H,20,21)/t12-,13+/m1/s1. The minimum Gasteiger partial charge on any atom is -0.481 e. The lowest BCUT2D eigenvalue weighted by atomic mass is 10.0. The molecule has 0 bridgehead atoms. The van der Waals surface area contributed by atoms with Gasteiger partial charge < -0.3 is 9.84 Å². The average molecular weight is 340 g/mol. The van der Waals surface area contributed by atoms with Crippen molar-refractivity contribution in [2.75, 3.05) is 5.32 Å². The zero-order valence-corrected chi connectivity index (χ0v) is 14.7. The summed E-state index contributed by atoms with van der Waals surface area (Å²) < 4.78 is 5.25. The number of ether oxygens (including phenoxy) is 1. The van der Waals surface area contributed by atoms with Crippen LogP contribution in [0, 0.1) is 11.3 Å². The van der Waals surface area contributed by atoms with Crippen molar-refractivity contribution < 1.29 is 19.4 Å². The number of carbonyl (C=O) groups is 2. The van der Waals surface area contributed by atoms with Crippen molar-refractivity contribution in [2.24, 2.45) is 11.3 Å². The lowest BCUT2D eigenvalue weighted by Gasteiger charge is -2.20. The van der Waals surface area contributed by atoms with Crippen molar-refractivity contribution in [3.05, 3.63) is 28.8 Å². The predicted molar refractivity (Wildman–Crippen MR) is 89.0 cm³/mol. The zero-order chi connectivity index (χ0) is 17.6. The van der Waals surface area contributed by atoms with Crippen LogP contribution < -0.4 is 5.32 Å². The number of rotatable bonds is 3. The molecule has 0 spiro atoms. The molecule has 1 aromatic rings. The van der Waals surface area contributed by atoms with Crippen LogP contribution in [0.15, 0.2) is 18.2 Å². The predicted octanol–water partition coefficient (Wildman–Crippen LogP) is 4.51. The Kier molecular flexibility index (Phi) is 4.37. The Morgan fingerprint density at radius 2 is 1.91 bits per heavy atom. The van der Waals surface area contributed by atoms with Gasteiger partial charge in [-0.1, -0.05) is 31.5 Å². The average Bonchev–Trinajstić information content (AvgIpc) is 2.89. The Balaban J connectivity index is 2.29. The smallest absolute Gasteiger partial charge is 0.412 e. The Morgan fingerprint density at radius 3 is 2.39 bits per heavy atom. The van der Waals surface area contributed by atoms with E-state index in [9.17, 15) is 14.7 Å². The molecule has 5 nitrogen and oxygen atoms in total. The molecule has 2 atom stereocenters. The Hall–Kier alpha value is -1.75. The molecule has 0 aliphatic heterocycles. The third-order valence-corrected chi connectivity index (χ3v) is 4.31. The number of benzene rings is 1. The van der Waals surface area contributed by atoms with Crippen molar-refractivity contribution in [1.29, 1.82) is 0 Å². The summed E-state index contributed by atoms with van der Waals surface area (Å²) in [5.41, 5.74) is 0.265. The van der Waals surface area contributed by atoms with Gasteiger partial charge in [0, 0.05) is 16.6 Å². The van der Waals surface area contributed by atoms with Crippen molar-refractivity contribution in [2.45, 2.75) is 46.1 Å². The number of carboxylic acids is 1. The highest BCUT2D eigenvalue weighted by molar-refractivity contribution is 6.31. The molecule has 2 rings (SSSR count). The van der Waals surface area contributed by atoms with Crippen LogP contribution in [0.2, 0.25) is 5.02 Å². The van der Waals surface area contributed by atoms with Crippen molar-refractivity contribution in [1.82, 2.24) is 0 Å². The molecule has 6 heteroatoms. The summed E-state index contributed by atoms with van der Waals surface area (Å²) >= 11 is 6.02. The SMILES string of the molecule is CC(C)(C)OC(=O)Nc1cc(Cl)ccc1[C@@H]1[C@@H](C(=O)O)C1(C)C.